The summed E-state index contributed by atoms with van der Waals surface area (Å²) >= 11 is 12.7. The van der Waals surface area contributed by atoms with E-state index in [-0.39, 0.29) is 0 Å². The van der Waals surface area contributed by atoms with E-state index in [0.717, 1.165) is 8.95 Å². The average Bonchev–Trinajstić information content (AvgIpc) is 2.49. The fraction of sp³-hybridized carbons (Fsp3) is 0.200. The number of hydrogen-bond donors (Lipinski definition) is 1. The van der Waals surface area contributed by atoms with E-state index in [1.165, 1.54) is 0 Å². The Balaban J connectivity index is 2.50. The molecule has 0 fully saturated rings. The fourth-order valence-electron chi connectivity index (χ4n) is 1.96. The van der Waals surface area contributed by atoms with Crippen LogP contribution in [0.5, 0.6) is 11.5 Å². The van der Waals surface area contributed by atoms with Crippen molar-refractivity contribution in [1.29, 1.82) is 0 Å². The third kappa shape index (κ3) is 3.54. The zero-order chi connectivity index (χ0) is 15.6. The van der Waals surface area contributed by atoms with E-state index in [9.17, 15) is 5.11 Å². The molecular formula is C15H13Br2ClO3. The predicted octanol–water partition coefficient (Wildman–Crippen LogP) is 4.96. The fourth-order valence-corrected chi connectivity index (χ4v) is 2.96. The molecule has 0 aliphatic rings. The molecule has 0 spiro atoms. The Bertz CT molecular complexity index is 662. The molecule has 0 aromatic heterocycles. The SMILES string of the molecule is COc1cc(C(O)c2ccc(Cl)c(Br)c2)c(OC)cc1Br. The number of hydrogen-bond acceptors (Lipinski definition) is 3. The highest BCUT2D eigenvalue weighted by molar-refractivity contribution is 9.10. The van der Waals surface area contributed by atoms with Gasteiger partial charge in [-0.3, -0.25) is 0 Å². The second-order valence-electron chi connectivity index (χ2n) is 4.30. The van der Waals surface area contributed by atoms with Crippen molar-refractivity contribution in [2.24, 2.45) is 0 Å². The molecule has 0 bridgehead atoms. The van der Waals surface area contributed by atoms with Crippen LogP contribution in [0.4, 0.5) is 0 Å². The van der Waals surface area contributed by atoms with Gasteiger partial charge in [-0.05, 0) is 61.7 Å². The summed E-state index contributed by atoms with van der Waals surface area (Å²) in [4.78, 5) is 0. The van der Waals surface area contributed by atoms with Gasteiger partial charge < -0.3 is 14.6 Å². The molecule has 0 saturated carbocycles. The van der Waals surface area contributed by atoms with Crippen LogP contribution in [-0.4, -0.2) is 19.3 Å². The van der Waals surface area contributed by atoms with E-state index in [1.807, 2.05) is 0 Å². The standard InChI is InChI=1S/C15H13Br2ClO3/c1-20-13-7-11(17)14(21-2)6-9(13)15(19)8-3-4-12(18)10(16)5-8/h3-7,15,19H,1-2H3. The highest BCUT2D eigenvalue weighted by Gasteiger charge is 2.19. The molecule has 2 aromatic rings. The summed E-state index contributed by atoms with van der Waals surface area (Å²) in [5.41, 5.74) is 1.32. The van der Waals surface area contributed by atoms with Crippen LogP contribution in [0, 0.1) is 0 Å². The Hall–Kier alpha value is -0.750. The van der Waals surface area contributed by atoms with Crippen LogP contribution >= 0.6 is 43.5 Å². The van der Waals surface area contributed by atoms with Crippen LogP contribution in [0.3, 0.4) is 0 Å². The van der Waals surface area contributed by atoms with E-state index in [2.05, 4.69) is 31.9 Å². The van der Waals surface area contributed by atoms with Crippen molar-refractivity contribution in [1.82, 2.24) is 0 Å². The summed E-state index contributed by atoms with van der Waals surface area (Å²) in [5, 5.41) is 11.2. The number of benzene rings is 2. The zero-order valence-corrected chi connectivity index (χ0v) is 15.3. The molecule has 0 saturated heterocycles. The summed E-state index contributed by atoms with van der Waals surface area (Å²) in [6, 6.07) is 8.79. The average molecular weight is 437 g/mol. The van der Waals surface area contributed by atoms with Crippen LogP contribution in [0.2, 0.25) is 5.02 Å². The Morgan fingerprint density at radius 2 is 1.67 bits per heavy atom. The van der Waals surface area contributed by atoms with Crippen molar-refractivity contribution in [3.63, 3.8) is 0 Å². The van der Waals surface area contributed by atoms with Crippen LogP contribution in [-0.2, 0) is 0 Å². The van der Waals surface area contributed by atoms with E-state index < -0.39 is 6.10 Å². The summed E-state index contributed by atoms with van der Waals surface area (Å²) in [5.74, 6) is 1.19. The number of halogens is 3. The van der Waals surface area contributed by atoms with Gasteiger partial charge in [-0.15, -0.1) is 0 Å². The quantitative estimate of drug-likeness (QED) is 0.736. The third-order valence-corrected chi connectivity index (χ3v) is 4.89. The normalized spacial score (nSPS) is 12.1. The number of rotatable bonds is 4. The predicted molar refractivity (Wildman–Crippen MR) is 90.5 cm³/mol. The lowest BCUT2D eigenvalue weighted by molar-refractivity contribution is 0.214. The van der Waals surface area contributed by atoms with Crippen LogP contribution in [0.15, 0.2) is 39.3 Å². The molecule has 112 valence electrons. The Kier molecular flexibility index (Phi) is 5.54. The van der Waals surface area contributed by atoms with Gasteiger partial charge in [0.25, 0.3) is 0 Å². The minimum absolute atomic E-state index is 0.571. The Morgan fingerprint density at radius 1 is 1.00 bits per heavy atom. The molecule has 6 heteroatoms. The molecule has 0 aliphatic carbocycles. The molecule has 2 rings (SSSR count). The third-order valence-electron chi connectivity index (χ3n) is 3.06. The smallest absolute Gasteiger partial charge is 0.133 e. The van der Waals surface area contributed by atoms with Crippen molar-refractivity contribution in [2.45, 2.75) is 6.10 Å². The van der Waals surface area contributed by atoms with Crippen LogP contribution in [0.1, 0.15) is 17.2 Å². The first kappa shape index (κ1) is 16.6. The summed E-state index contributed by atoms with van der Waals surface area (Å²) < 4.78 is 12.1. The number of ether oxygens (including phenoxy) is 2. The summed E-state index contributed by atoms with van der Waals surface area (Å²) in [6.07, 6.45) is -0.851. The van der Waals surface area contributed by atoms with E-state index >= 15 is 0 Å². The second-order valence-corrected chi connectivity index (χ2v) is 6.42. The van der Waals surface area contributed by atoms with Gasteiger partial charge in [-0.2, -0.15) is 0 Å². The Morgan fingerprint density at radius 3 is 2.24 bits per heavy atom. The van der Waals surface area contributed by atoms with Crippen molar-refractivity contribution in [3.05, 3.63) is 55.4 Å². The minimum Gasteiger partial charge on any atom is -0.496 e. The van der Waals surface area contributed by atoms with Crippen molar-refractivity contribution in [2.75, 3.05) is 14.2 Å². The van der Waals surface area contributed by atoms with Gasteiger partial charge in [0.1, 0.15) is 17.6 Å². The maximum Gasteiger partial charge on any atom is 0.133 e. The first-order chi connectivity index (χ1) is 9.97. The summed E-state index contributed by atoms with van der Waals surface area (Å²) in [7, 11) is 3.13. The van der Waals surface area contributed by atoms with Crippen LogP contribution in [0.25, 0.3) is 0 Å². The van der Waals surface area contributed by atoms with E-state index in [4.69, 9.17) is 21.1 Å². The lowest BCUT2D eigenvalue weighted by Gasteiger charge is -2.17. The van der Waals surface area contributed by atoms with Gasteiger partial charge in [0, 0.05) is 10.0 Å². The zero-order valence-electron chi connectivity index (χ0n) is 11.4. The topological polar surface area (TPSA) is 38.7 Å². The molecule has 1 N–H and O–H groups in total. The maximum atomic E-state index is 10.6. The molecule has 0 aliphatic heterocycles. The molecule has 0 heterocycles. The minimum atomic E-state index is -0.851. The lowest BCUT2D eigenvalue weighted by atomic mass is 10.0. The Labute approximate surface area is 145 Å². The molecule has 1 unspecified atom stereocenters. The van der Waals surface area contributed by atoms with Gasteiger partial charge in [-0.1, -0.05) is 17.7 Å². The molecule has 3 nitrogen and oxygen atoms in total. The molecule has 0 radical (unpaired) electrons. The molecular weight excluding hydrogens is 423 g/mol. The maximum absolute atomic E-state index is 10.6. The van der Waals surface area contributed by atoms with Gasteiger partial charge in [-0.25, -0.2) is 0 Å². The lowest BCUT2D eigenvalue weighted by Crippen LogP contribution is -2.03. The van der Waals surface area contributed by atoms with E-state index in [0.29, 0.717) is 27.6 Å². The first-order valence-electron chi connectivity index (χ1n) is 6.02. The largest absolute Gasteiger partial charge is 0.496 e. The number of methoxy groups -OCH3 is 2. The number of aliphatic hydroxyl groups is 1. The van der Waals surface area contributed by atoms with Crippen LogP contribution < -0.4 is 9.47 Å². The monoisotopic (exact) mass is 434 g/mol. The molecule has 21 heavy (non-hydrogen) atoms. The highest BCUT2D eigenvalue weighted by atomic mass is 79.9. The van der Waals surface area contributed by atoms with Crippen molar-refractivity contribution < 1.29 is 14.6 Å². The second kappa shape index (κ2) is 7.01. The highest BCUT2D eigenvalue weighted by Crippen LogP contribution is 2.38. The molecule has 0 amide bonds. The van der Waals surface area contributed by atoms with Gasteiger partial charge >= 0.3 is 0 Å². The van der Waals surface area contributed by atoms with Gasteiger partial charge in [0.05, 0.1) is 23.7 Å². The number of aliphatic hydroxyl groups excluding tert-OH is 1. The van der Waals surface area contributed by atoms with Gasteiger partial charge in [0.15, 0.2) is 0 Å². The molecule has 2 aromatic carbocycles. The van der Waals surface area contributed by atoms with Crippen molar-refractivity contribution >= 4 is 43.5 Å². The molecule has 1 atom stereocenters. The first-order valence-corrected chi connectivity index (χ1v) is 7.98. The summed E-state index contributed by atoms with van der Waals surface area (Å²) in [6.45, 7) is 0. The van der Waals surface area contributed by atoms with Gasteiger partial charge in [0.2, 0.25) is 0 Å². The van der Waals surface area contributed by atoms with Crippen molar-refractivity contribution in [3.8, 4) is 11.5 Å². The van der Waals surface area contributed by atoms with E-state index in [1.54, 1.807) is 44.6 Å².